The van der Waals surface area contributed by atoms with Crippen molar-refractivity contribution in [2.75, 3.05) is 0 Å². The molecule has 0 fully saturated rings. The highest BCUT2D eigenvalue weighted by atomic mass is 14.3. The Morgan fingerprint density at radius 1 is 1.23 bits per heavy atom. The van der Waals surface area contributed by atoms with Crippen molar-refractivity contribution in [3.05, 3.63) is 34.9 Å². The van der Waals surface area contributed by atoms with E-state index < -0.39 is 0 Å². The number of fused-ring (bicyclic) bond motifs is 1. The van der Waals surface area contributed by atoms with Crippen LogP contribution in [0.5, 0.6) is 0 Å². The summed E-state index contributed by atoms with van der Waals surface area (Å²) in [4.78, 5) is 0. The fourth-order valence-corrected chi connectivity index (χ4v) is 2.54. The van der Waals surface area contributed by atoms with Crippen LogP contribution in [-0.2, 0) is 0 Å². The Balaban J connectivity index is 2.41. The van der Waals surface area contributed by atoms with Crippen molar-refractivity contribution < 1.29 is 0 Å². The summed E-state index contributed by atoms with van der Waals surface area (Å²) in [6.07, 6.45) is 9.78. The minimum atomic E-state index is 0.706. The zero-order valence-electron chi connectivity index (χ0n) is 8.80. The van der Waals surface area contributed by atoms with Gasteiger partial charge < -0.3 is 0 Å². The zero-order chi connectivity index (χ0) is 9.42. The number of hydrogen-bond donors (Lipinski definition) is 0. The van der Waals surface area contributed by atoms with Crippen molar-refractivity contribution in [1.82, 2.24) is 0 Å². The first-order valence-corrected chi connectivity index (χ1v) is 5.24. The van der Waals surface area contributed by atoms with Crippen molar-refractivity contribution >= 4 is 0 Å². The van der Waals surface area contributed by atoms with Crippen LogP contribution in [0.15, 0.2) is 34.9 Å². The van der Waals surface area contributed by atoms with Crippen molar-refractivity contribution in [2.24, 2.45) is 11.8 Å². The van der Waals surface area contributed by atoms with Gasteiger partial charge in [0.15, 0.2) is 0 Å². The summed E-state index contributed by atoms with van der Waals surface area (Å²) in [6, 6.07) is 0. The minimum absolute atomic E-state index is 0.706. The van der Waals surface area contributed by atoms with Gasteiger partial charge in [0, 0.05) is 5.92 Å². The van der Waals surface area contributed by atoms with Crippen LogP contribution in [0.1, 0.15) is 33.6 Å². The molecule has 2 aliphatic rings. The molecule has 0 aliphatic heterocycles. The van der Waals surface area contributed by atoms with Crippen LogP contribution < -0.4 is 0 Å². The molecule has 0 saturated carbocycles. The Morgan fingerprint density at radius 2 is 2.00 bits per heavy atom. The van der Waals surface area contributed by atoms with Crippen LogP contribution in [0, 0.1) is 11.8 Å². The number of rotatable bonds is 0. The first-order chi connectivity index (χ1) is 6.16. The highest BCUT2D eigenvalue weighted by Crippen LogP contribution is 2.36. The maximum atomic E-state index is 2.47. The summed E-state index contributed by atoms with van der Waals surface area (Å²) in [5.74, 6) is 1.54. The van der Waals surface area contributed by atoms with Crippen LogP contribution in [0.25, 0.3) is 0 Å². The van der Waals surface area contributed by atoms with Crippen molar-refractivity contribution in [3.63, 3.8) is 0 Å². The van der Waals surface area contributed by atoms with E-state index in [9.17, 15) is 0 Å². The lowest BCUT2D eigenvalue weighted by Crippen LogP contribution is -2.14. The van der Waals surface area contributed by atoms with E-state index in [1.165, 1.54) is 24.0 Å². The summed E-state index contributed by atoms with van der Waals surface area (Å²) in [7, 11) is 0. The van der Waals surface area contributed by atoms with Gasteiger partial charge in [0.05, 0.1) is 0 Å². The van der Waals surface area contributed by atoms with Crippen molar-refractivity contribution in [3.8, 4) is 0 Å². The Hall–Kier alpha value is -0.780. The third-order valence-corrected chi connectivity index (χ3v) is 3.29. The Bertz CT molecular complexity index is 302. The molecule has 2 atom stereocenters. The average Bonchev–Trinajstić information content (AvgIpc) is 2.18. The summed E-state index contributed by atoms with van der Waals surface area (Å²) in [5.41, 5.74) is 4.50. The fourth-order valence-electron chi connectivity index (χ4n) is 2.54. The first kappa shape index (κ1) is 8.80. The first-order valence-electron chi connectivity index (χ1n) is 5.24. The van der Waals surface area contributed by atoms with E-state index in [-0.39, 0.29) is 0 Å². The van der Waals surface area contributed by atoms with Gasteiger partial charge in [-0.3, -0.25) is 0 Å². The zero-order valence-corrected chi connectivity index (χ0v) is 8.80. The van der Waals surface area contributed by atoms with E-state index in [0.29, 0.717) is 5.92 Å². The molecule has 0 radical (unpaired) electrons. The van der Waals surface area contributed by atoms with E-state index >= 15 is 0 Å². The second-order valence-electron chi connectivity index (χ2n) is 4.56. The van der Waals surface area contributed by atoms with Crippen LogP contribution in [0.3, 0.4) is 0 Å². The van der Waals surface area contributed by atoms with Crippen LogP contribution in [0.4, 0.5) is 0 Å². The Labute approximate surface area is 81.0 Å². The smallest absolute Gasteiger partial charge is 0.000877 e. The van der Waals surface area contributed by atoms with E-state index in [0.717, 1.165) is 5.92 Å². The molecule has 0 aromatic heterocycles. The highest BCUT2D eigenvalue weighted by Gasteiger charge is 2.22. The third kappa shape index (κ3) is 1.63. The van der Waals surface area contributed by atoms with E-state index in [2.05, 4.69) is 39.0 Å². The normalized spacial score (nSPS) is 33.0. The van der Waals surface area contributed by atoms with Gasteiger partial charge in [0.1, 0.15) is 0 Å². The quantitative estimate of drug-likeness (QED) is 0.523. The van der Waals surface area contributed by atoms with E-state index in [1.54, 1.807) is 5.57 Å². The van der Waals surface area contributed by atoms with Crippen LogP contribution >= 0.6 is 0 Å². The van der Waals surface area contributed by atoms with Gasteiger partial charge in [-0.25, -0.2) is 0 Å². The highest BCUT2D eigenvalue weighted by molar-refractivity contribution is 5.38. The van der Waals surface area contributed by atoms with Crippen molar-refractivity contribution in [1.29, 1.82) is 0 Å². The van der Waals surface area contributed by atoms with Gasteiger partial charge in [-0.05, 0) is 32.6 Å². The summed E-state index contributed by atoms with van der Waals surface area (Å²) < 4.78 is 0. The molecule has 0 aromatic rings. The standard InChI is InChI=1S/C13H18/c1-9-6-11(3)13-8-12(7-9)5-4-10(13)2/h6-8,10,13H,4-5H2,1-3H3. The molecule has 70 valence electrons. The van der Waals surface area contributed by atoms with Crippen molar-refractivity contribution in [2.45, 2.75) is 33.6 Å². The van der Waals surface area contributed by atoms with E-state index in [1.807, 2.05) is 0 Å². The molecule has 13 heavy (non-hydrogen) atoms. The molecule has 0 aromatic carbocycles. The lowest BCUT2D eigenvalue weighted by Gasteiger charge is -2.26. The molecule has 0 heteroatoms. The molecule has 0 amide bonds. The third-order valence-electron chi connectivity index (χ3n) is 3.29. The monoisotopic (exact) mass is 174 g/mol. The molecule has 0 nitrogen and oxygen atoms in total. The second-order valence-corrected chi connectivity index (χ2v) is 4.56. The van der Waals surface area contributed by atoms with Gasteiger partial charge in [-0.1, -0.05) is 41.9 Å². The van der Waals surface area contributed by atoms with Gasteiger partial charge in [0.2, 0.25) is 0 Å². The molecule has 2 rings (SSSR count). The van der Waals surface area contributed by atoms with E-state index in [4.69, 9.17) is 0 Å². The average molecular weight is 174 g/mol. The predicted molar refractivity (Wildman–Crippen MR) is 57.5 cm³/mol. The topological polar surface area (TPSA) is 0 Å². The van der Waals surface area contributed by atoms with Gasteiger partial charge in [-0.2, -0.15) is 0 Å². The molecule has 0 spiro atoms. The molecular formula is C13H18. The summed E-state index contributed by atoms with van der Waals surface area (Å²) in [6.45, 7) is 6.84. The van der Waals surface area contributed by atoms with Crippen LogP contribution in [-0.4, -0.2) is 0 Å². The SMILES string of the molecule is CC1=CC2=CC(C(C)=C1)C(C)CC2. The molecular weight excluding hydrogens is 156 g/mol. The summed E-state index contributed by atoms with van der Waals surface area (Å²) >= 11 is 0. The molecule has 2 aliphatic carbocycles. The molecule has 0 heterocycles. The summed E-state index contributed by atoms with van der Waals surface area (Å²) in [5, 5.41) is 0. The fraction of sp³-hybridized carbons (Fsp3) is 0.538. The lowest BCUT2D eigenvalue weighted by molar-refractivity contribution is 0.425. The molecule has 2 bridgehead atoms. The minimum Gasteiger partial charge on any atom is -0.0739 e. The number of allylic oxidation sites excluding steroid dienone is 6. The van der Waals surface area contributed by atoms with Gasteiger partial charge >= 0.3 is 0 Å². The second kappa shape index (κ2) is 3.17. The number of hydrogen-bond acceptors (Lipinski definition) is 0. The predicted octanol–water partition coefficient (Wildman–Crippen LogP) is 3.87. The molecule has 0 saturated heterocycles. The largest absolute Gasteiger partial charge is 0.0739 e. The maximum Gasteiger partial charge on any atom is 0.000877 e. The lowest BCUT2D eigenvalue weighted by atomic mass is 9.79. The molecule has 0 N–H and O–H groups in total. The van der Waals surface area contributed by atoms with Gasteiger partial charge in [-0.15, -0.1) is 0 Å². The van der Waals surface area contributed by atoms with Crippen LogP contribution in [0.2, 0.25) is 0 Å². The molecule has 2 unspecified atom stereocenters. The maximum absolute atomic E-state index is 2.47. The Morgan fingerprint density at radius 3 is 2.77 bits per heavy atom. The van der Waals surface area contributed by atoms with Gasteiger partial charge in [0.25, 0.3) is 0 Å². The Kier molecular flexibility index (Phi) is 2.15.